The second-order valence-corrected chi connectivity index (χ2v) is 7.54. The zero-order valence-corrected chi connectivity index (χ0v) is 15.5. The summed E-state index contributed by atoms with van der Waals surface area (Å²) in [6.45, 7) is 5.62. The van der Waals surface area contributed by atoms with Crippen LogP contribution in [0.3, 0.4) is 0 Å². The van der Waals surface area contributed by atoms with Crippen LogP contribution in [0.25, 0.3) is 0 Å². The predicted octanol–water partition coefficient (Wildman–Crippen LogP) is 2.60. The molecule has 0 amide bonds. The number of rotatable bonds is 5. The minimum Gasteiger partial charge on any atom is -0.393 e. The molecule has 1 atom stereocenters. The Morgan fingerprint density at radius 3 is 2.69 bits per heavy atom. The van der Waals surface area contributed by atoms with Gasteiger partial charge < -0.3 is 15.3 Å². The minimum atomic E-state index is -0.211. The lowest BCUT2D eigenvalue weighted by Crippen LogP contribution is -2.39. The molecule has 0 saturated carbocycles. The summed E-state index contributed by atoms with van der Waals surface area (Å²) in [4.78, 5) is 11.7. The lowest BCUT2D eigenvalue weighted by atomic mass is 9.88. The SMILES string of the molecule is Cc1nc2c(c(N3CCC(C(O)CCc4ccccc4)CC3)n1)CNC2. The highest BCUT2D eigenvalue weighted by molar-refractivity contribution is 5.51. The number of aryl methyl sites for hydroxylation is 2. The standard InChI is InChI=1S/C21H28N4O/c1-15-23-19-14-22-13-18(19)21(24-15)25-11-9-17(10-12-25)20(26)8-7-16-5-3-2-4-6-16/h2-6,17,20,22,26H,7-14H2,1H3. The first kappa shape index (κ1) is 17.4. The molecule has 138 valence electrons. The number of piperidine rings is 1. The highest BCUT2D eigenvalue weighted by atomic mass is 16.3. The Kier molecular flexibility index (Phi) is 5.18. The summed E-state index contributed by atoms with van der Waals surface area (Å²) >= 11 is 0. The van der Waals surface area contributed by atoms with Crippen molar-refractivity contribution in [3.63, 3.8) is 0 Å². The summed E-state index contributed by atoms with van der Waals surface area (Å²) in [6, 6.07) is 10.5. The van der Waals surface area contributed by atoms with Crippen LogP contribution in [0.2, 0.25) is 0 Å². The second kappa shape index (κ2) is 7.72. The van der Waals surface area contributed by atoms with Gasteiger partial charge in [-0.05, 0) is 44.1 Å². The van der Waals surface area contributed by atoms with Gasteiger partial charge in [0.05, 0.1) is 11.8 Å². The molecule has 3 heterocycles. The van der Waals surface area contributed by atoms with Crippen molar-refractivity contribution in [1.82, 2.24) is 15.3 Å². The maximum atomic E-state index is 10.6. The van der Waals surface area contributed by atoms with E-state index in [4.69, 9.17) is 4.98 Å². The summed E-state index contributed by atoms with van der Waals surface area (Å²) in [5.41, 5.74) is 3.72. The summed E-state index contributed by atoms with van der Waals surface area (Å²) in [7, 11) is 0. The fourth-order valence-corrected chi connectivity index (χ4v) is 4.22. The van der Waals surface area contributed by atoms with Crippen LogP contribution in [0.15, 0.2) is 30.3 Å². The van der Waals surface area contributed by atoms with E-state index in [2.05, 4.69) is 39.5 Å². The Bertz CT molecular complexity index is 741. The molecule has 4 rings (SSSR count). The number of benzene rings is 1. The average molecular weight is 352 g/mol. The number of aliphatic hydroxyl groups excluding tert-OH is 1. The normalized spacial score (nSPS) is 18.8. The summed E-state index contributed by atoms with van der Waals surface area (Å²) in [6.07, 6.45) is 3.65. The van der Waals surface area contributed by atoms with E-state index in [-0.39, 0.29) is 6.10 Å². The highest BCUT2D eigenvalue weighted by Crippen LogP contribution is 2.30. The van der Waals surface area contributed by atoms with Gasteiger partial charge in [0.1, 0.15) is 11.6 Å². The van der Waals surface area contributed by atoms with Gasteiger partial charge in [0.25, 0.3) is 0 Å². The van der Waals surface area contributed by atoms with Crippen molar-refractivity contribution in [2.45, 2.75) is 51.8 Å². The Balaban J connectivity index is 1.34. The van der Waals surface area contributed by atoms with Crippen molar-refractivity contribution in [2.24, 2.45) is 5.92 Å². The molecule has 0 bridgehead atoms. The highest BCUT2D eigenvalue weighted by Gasteiger charge is 2.28. The Labute approximate surface area is 155 Å². The lowest BCUT2D eigenvalue weighted by Gasteiger charge is -2.35. The Morgan fingerprint density at radius 2 is 1.92 bits per heavy atom. The van der Waals surface area contributed by atoms with Crippen molar-refractivity contribution >= 4 is 5.82 Å². The first-order valence-corrected chi connectivity index (χ1v) is 9.75. The van der Waals surface area contributed by atoms with Crippen LogP contribution in [0.5, 0.6) is 0 Å². The number of aliphatic hydroxyl groups is 1. The van der Waals surface area contributed by atoms with Crippen LogP contribution in [0.1, 0.15) is 41.9 Å². The third-order valence-electron chi connectivity index (χ3n) is 5.73. The fraction of sp³-hybridized carbons (Fsp3) is 0.524. The minimum absolute atomic E-state index is 0.211. The predicted molar refractivity (Wildman–Crippen MR) is 103 cm³/mol. The Hall–Kier alpha value is -1.98. The molecule has 1 saturated heterocycles. The van der Waals surface area contributed by atoms with E-state index in [1.807, 2.05) is 13.0 Å². The summed E-state index contributed by atoms with van der Waals surface area (Å²) < 4.78 is 0. The van der Waals surface area contributed by atoms with E-state index in [9.17, 15) is 5.11 Å². The number of hydrogen-bond acceptors (Lipinski definition) is 5. The molecule has 0 radical (unpaired) electrons. The molecular weight excluding hydrogens is 324 g/mol. The van der Waals surface area contributed by atoms with Gasteiger partial charge in [-0.2, -0.15) is 0 Å². The van der Waals surface area contributed by atoms with Crippen molar-refractivity contribution in [2.75, 3.05) is 18.0 Å². The van der Waals surface area contributed by atoms with Crippen molar-refractivity contribution < 1.29 is 5.11 Å². The monoisotopic (exact) mass is 352 g/mol. The van der Waals surface area contributed by atoms with Crippen molar-refractivity contribution in [1.29, 1.82) is 0 Å². The van der Waals surface area contributed by atoms with Gasteiger partial charge in [-0.3, -0.25) is 0 Å². The first-order valence-electron chi connectivity index (χ1n) is 9.75. The fourth-order valence-electron chi connectivity index (χ4n) is 4.22. The number of hydrogen-bond donors (Lipinski definition) is 2. The van der Waals surface area contributed by atoms with E-state index in [1.165, 1.54) is 11.1 Å². The number of anilines is 1. The zero-order valence-electron chi connectivity index (χ0n) is 15.5. The summed E-state index contributed by atoms with van der Waals surface area (Å²) in [5.74, 6) is 2.35. The zero-order chi connectivity index (χ0) is 17.9. The first-order chi connectivity index (χ1) is 12.7. The topological polar surface area (TPSA) is 61.3 Å². The van der Waals surface area contributed by atoms with Crippen LogP contribution in [0.4, 0.5) is 5.82 Å². The second-order valence-electron chi connectivity index (χ2n) is 7.54. The molecule has 2 aromatic rings. The van der Waals surface area contributed by atoms with Crippen LogP contribution < -0.4 is 10.2 Å². The molecule has 1 aromatic heterocycles. The van der Waals surface area contributed by atoms with Crippen molar-refractivity contribution in [3.05, 3.63) is 53.0 Å². The quantitative estimate of drug-likeness (QED) is 0.866. The molecule has 1 fully saturated rings. The average Bonchev–Trinajstić information content (AvgIpc) is 3.15. The van der Waals surface area contributed by atoms with Gasteiger partial charge in [-0.15, -0.1) is 0 Å². The van der Waals surface area contributed by atoms with Gasteiger partial charge in [-0.1, -0.05) is 30.3 Å². The molecule has 2 aliphatic rings. The van der Waals surface area contributed by atoms with Crippen LogP contribution in [-0.4, -0.2) is 34.3 Å². The molecule has 0 aliphatic carbocycles. The van der Waals surface area contributed by atoms with Gasteiger partial charge in [0.15, 0.2) is 0 Å². The van der Waals surface area contributed by atoms with Gasteiger partial charge >= 0.3 is 0 Å². The molecule has 2 N–H and O–H groups in total. The molecule has 1 aromatic carbocycles. The molecular formula is C21H28N4O. The number of nitrogens with zero attached hydrogens (tertiary/aromatic N) is 3. The van der Waals surface area contributed by atoms with Crippen LogP contribution in [-0.2, 0) is 19.5 Å². The van der Waals surface area contributed by atoms with Gasteiger partial charge in [-0.25, -0.2) is 9.97 Å². The molecule has 5 heteroatoms. The number of fused-ring (bicyclic) bond motifs is 1. The van der Waals surface area contributed by atoms with E-state index in [1.54, 1.807) is 0 Å². The van der Waals surface area contributed by atoms with E-state index >= 15 is 0 Å². The number of nitrogens with one attached hydrogen (secondary N) is 1. The van der Waals surface area contributed by atoms with E-state index < -0.39 is 0 Å². The van der Waals surface area contributed by atoms with Crippen molar-refractivity contribution in [3.8, 4) is 0 Å². The van der Waals surface area contributed by atoms with Crippen LogP contribution >= 0.6 is 0 Å². The number of aromatic nitrogens is 2. The van der Waals surface area contributed by atoms with E-state index in [0.717, 1.165) is 69.2 Å². The summed E-state index contributed by atoms with van der Waals surface area (Å²) in [5, 5.41) is 14.0. The molecule has 5 nitrogen and oxygen atoms in total. The molecule has 26 heavy (non-hydrogen) atoms. The maximum absolute atomic E-state index is 10.6. The Morgan fingerprint density at radius 1 is 1.15 bits per heavy atom. The third kappa shape index (κ3) is 3.74. The lowest BCUT2D eigenvalue weighted by molar-refractivity contribution is 0.0849. The van der Waals surface area contributed by atoms with Gasteiger partial charge in [0, 0.05) is 31.7 Å². The molecule has 0 spiro atoms. The maximum Gasteiger partial charge on any atom is 0.137 e. The van der Waals surface area contributed by atoms with Crippen LogP contribution in [0, 0.1) is 12.8 Å². The van der Waals surface area contributed by atoms with E-state index in [0.29, 0.717) is 5.92 Å². The molecule has 2 aliphatic heterocycles. The largest absolute Gasteiger partial charge is 0.393 e. The smallest absolute Gasteiger partial charge is 0.137 e. The molecule has 1 unspecified atom stereocenters. The third-order valence-corrected chi connectivity index (χ3v) is 5.73. The van der Waals surface area contributed by atoms with Gasteiger partial charge in [0.2, 0.25) is 0 Å².